The molecule has 0 saturated heterocycles. The van der Waals surface area contributed by atoms with Gasteiger partial charge in [0.1, 0.15) is 0 Å². The van der Waals surface area contributed by atoms with Crippen molar-refractivity contribution in [3.05, 3.63) is 0 Å². The van der Waals surface area contributed by atoms with Crippen molar-refractivity contribution < 1.29 is 23.5 Å². The van der Waals surface area contributed by atoms with Crippen LogP contribution in [0.2, 0.25) is 25.2 Å². The average molecular weight is 282 g/mol. The molecule has 0 bridgehead atoms. The summed E-state index contributed by atoms with van der Waals surface area (Å²) < 4.78 is 11.3. The third-order valence-electron chi connectivity index (χ3n) is 2.48. The molecule has 5 nitrogen and oxygen atoms in total. The van der Waals surface area contributed by atoms with Gasteiger partial charge in [0.2, 0.25) is 0 Å². The Morgan fingerprint density at radius 3 is 2.24 bits per heavy atom. The number of unbranched alkanes of at least 4 members (excludes halogenated alkanes) is 1. The summed E-state index contributed by atoms with van der Waals surface area (Å²) in [5.41, 5.74) is 0. The van der Waals surface area contributed by atoms with Gasteiger partial charge in [-0.15, -0.1) is 0 Å². The van der Waals surface area contributed by atoms with Crippen LogP contribution in [0.4, 0.5) is 0 Å². The van der Waals surface area contributed by atoms with Crippen LogP contribution in [-0.4, -0.2) is 52.0 Å². The Kier molecular flexibility index (Phi) is 7.73. The van der Waals surface area contributed by atoms with Gasteiger partial charge >= 0.3 is 17.1 Å². The molecule has 0 rings (SSSR count). The van der Waals surface area contributed by atoms with Crippen LogP contribution < -0.4 is 0 Å². The number of hydrogen-bond acceptors (Lipinski definition) is 5. The van der Waals surface area contributed by atoms with E-state index in [2.05, 4.69) is 6.92 Å². The number of aliphatic hydroxyl groups is 2. The third kappa shape index (κ3) is 7.29. The standard InChI is InChI=1S/C10H26O5Si2/c1-5-6-7-17(14-2,9-10(12)8-11)15-16(3,4)13/h10-13H,5-9H2,1-4H3. The maximum absolute atomic E-state index is 9.90. The maximum atomic E-state index is 9.90. The molecule has 17 heavy (non-hydrogen) atoms. The van der Waals surface area contributed by atoms with Gasteiger partial charge < -0.3 is 23.5 Å². The summed E-state index contributed by atoms with van der Waals surface area (Å²) in [6.45, 7) is 5.13. The second-order valence-electron chi connectivity index (χ2n) is 4.81. The van der Waals surface area contributed by atoms with E-state index < -0.39 is 23.2 Å². The van der Waals surface area contributed by atoms with Crippen molar-refractivity contribution in [2.24, 2.45) is 0 Å². The summed E-state index contributed by atoms with van der Waals surface area (Å²) in [5, 5.41) is 18.5. The van der Waals surface area contributed by atoms with Crippen LogP contribution in [0.25, 0.3) is 0 Å². The Morgan fingerprint density at radius 2 is 1.88 bits per heavy atom. The second-order valence-corrected chi connectivity index (χ2v) is 11.7. The first-order chi connectivity index (χ1) is 7.78. The van der Waals surface area contributed by atoms with Crippen LogP contribution in [0, 0.1) is 0 Å². The zero-order valence-corrected chi connectivity index (χ0v) is 13.3. The molecule has 2 unspecified atom stereocenters. The summed E-state index contributed by atoms with van der Waals surface area (Å²) in [7, 11) is -3.75. The first-order valence-electron chi connectivity index (χ1n) is 6.05. The third-order valence-corrected chi connectivity index (χ3v) is 8.92. The number of aliphatic hydroxyl groups excluding tert-OH is 2. The lowest BCUT2D eigenvalue weighted by atomic mass is 10.4. The molecule has 0 aliphatic carbocycles. The average Bonchev–Trinajstić information content (AvgIpc) is 2.23. The highest BCUT2D eigenvalue weighted by atomic mass is 28.5. The van der Waals surface area contributed by atoms with E-state index >= 15 is 0 Å². The highest BCUT2D eigenvalue weighted by Crippen LogP contribution is 2.26. The van der Waals surface area contributed by atoms with E-state index in [1.165, 1.54) is 0 Å². The van der Waals surface area contributed by atoms with Gasteiger partial charge in [0, 0.05) is 13.2 Å². The van der Waals surface area contributed by atoms with Gasteiger partial charge in [0.15, 0.2) is 0 Å². The van der Waals surface area contributed by atoms with E-state index in [1.807, 2.05) is 0 Å². The van der Waals surface area contributed by atoms with Crippen molar-refractivity contribution >= 4 is 17.1 Å². The van der Waals surface area contributed by atoms with Gasteiger partial charge in [0.25, 0.3) is 0 Å². The molecular formula is C10H26O5Si2. The lowest BCUT2D eigenvalue weighted by Gasteiger charge is -2.35. The predicted molar refractivity (Wildman–Crippen MR) is 71.2 cm³/mol. The molecule has 104 valence electrons. The molecule has 0 aromatic rings. The van der Waals surface area contributed by atoms with Gasteiger partial charge in [-0.3, -0.25) is 0 Å². The zero-order valence-electron chi connectivity index (χ0n) is 11.3. The molecule has 0 saturated carbocycles. The second kappa shape index (κ2) is 7.62. The Balaban J connectivity index is 4.73. The molecule has 0 heterocycles. The van der Waals surface area contributed by atoms with Gasteiger partial charge in [-0.2, -0.15) is 0 Å². The van der Waals surface area contributed by atoms with Gasteiger partial charge in [0.05, 0.1) is 12.7 Å². The summed E-state index contributed by atoms with van der Waals surface area (Å²) in [4.78, 5) is 9.90. The molecule has 0 aromatic heterocycles. The van der Waals surface area contributed by atoms with Crippen LogP contribution in [0.3, 0.4) is 0 Å². The quantitative estimate of drug-likeness (QED) is 0.549. The smallest absolute Gasteiger partial charge is 0.331 e. The van der Waals surface area contributed by atoms with E-state index in [4.69, 9.17) is 13.6 Å². The lowest BCUT2D eigenvalue weighted by Crippen LogP contribution is -2.52. The summed E-state index contributed by atoms with van der Waals surface area (Å²) >= 11 is 0. The monoisotopic (exact) mass is 282 g/mol. The molecule has 0 spiro atoms. The SMILES string of the molecule is CCCC[Si](CC(O)CO)(OC)O[Si](C)(C)O. The fourth-order valence-corrected chi connectivity index (χ4v) is 8.78. The minimum absolute atomic E-state index is 0.303. The summed E-state index contributed by atoms with van der Waals surface area (Å²) in [6.07, 6.45) is 1.10. The summed E-state index contributed by atoms with van der Waals surface area (Å²) in [6, 6.07) is 1.03. The molecule has 0 fully saturated rings. The molecule has 0 aromatic carbocycles. The van der Waals surface area contributed by atoms with Crippen molar-refractivity contribution in [2.45, 2.75) is 51.1 Å². The van der Waals surface area contributed by atoms with Crippen LogP contribution in [0.1, 0.15) is 19.8 Å². The van der Waals surface area contributed by atoms with E-state index in [-0.39, 0.29) is 6.61 Å². The van der Waals surface area contributed by atoms with Gasteiger partial charge in [-0.1, -0.05) is 19.8 Å². The molecule has 0 aliphatic heterocycles. The Labute approximate surface area is 106 Å². The first kappa shape index (κ1) is 17.2. The molecule has 3 N–H and O–H groups in total. The Hall–Kier alpha value is 0.234. The Bertz CT molecular complexity index is 209. The first-order valence-corrected chi connectivity index (χ1v) is 11.1. The molecule has 2 atom stereocenters. The van der Waals surface area contributed by atoms with E-state index in [9.17, 15) is 9.90 Å². The highest BCUT2D eigenvalue weighted by molar-refractivity contribution is 6.79. The van der Waals surface area contributed by atoms with Gasteiger partial charge in [-0.05, 0) is 19.1 Å². The van der Waals surface area contributed by atoms with Crippen LogP contribution in [-0.2, 0) is 8.54 Å². The maximum Gasteiger partial charge on any atom is 0.331 e. The lowest BCUT2D eigenvalue weighted by molar-refractivity contribution is 0.0988. The van der Waals surface area contributed by atoms with Crippen molar-refractivity contribution in [3.63, 3.8) is 0 Å². The van der Waals surface area contributed by atoms with E-state index in [0.29, 0.717) is 6.04 Å². The van der Waals surface area contributed by atoms with Crippen LogP contribution in [0.5, 0.6) is 0 Å². The topological polar surface area (TPSA) is 79.2 Å². The van der Waals surface area contributed by atoms with Gasteiger partial charge in [-0.25, -0.2) is 0 Å². The number of hydrogen-bond donors (Lipinski definition) is 3. The number of rotatable bonds is 9. The largest absolute Gasteiger partial charge is 0.415 e. The van der Waals surface area contributed by atoms with Crippen molar-refractivity contribution in [2.75, 3.05) is 13.7 Å². The molecule has 0 radical (unpaired) electrons. The van der Waals surface area contributed by atoms with Crippen molar-refractivity contribution in [1.29, 1.82) is 0 Å². The fraction of sp³-hybridized carbons (Fsp3) is 1.00. The molecule has 0 aliphatic rings. The minimum Gasteiger partial charge on any atom is -0.415 e. The van der Waals surface area contributed by atoms with Crippen molar-refractivity contribution in [3.8, 4) is 0 Å². The predicted octanol–water partition coefficient (Wildman–Crippen LogP) is 0.939. The van der Waals surface area contributed by atoms with Crippen LogP contribution in [0.15, 0.2) is 0 Å². The van der Waals surface area contributed by atoms with E-state index in [0.717, 1.165) is 18.9 Å². The molecule has 7 heteroatoms. The molecular weight excluding hydrogens is 256 g/mol. The fourth-order valence-electron chi connectivity index (χ4n) is 1.75. The summed E-state index contributed by atoms with van der Waals surface area (Å²) in [5.74, 6) is 0. The minimum atomic E-state index is -2.70. The Morgan fingerprint density at radius 1 is 1.29 bits per heavy atom. The zero-order chi connectivity index (χ0) is 13.5. The van der Waals surface area contributed by atoms with Crippen LogP contribution >= 0.6 is 0 Å². The normalized spacial score (nSPS) is 17.8. The highest BCUT2D eigenvalue weighted by Gasteiger charge is 2.43. The molecule has 0 amide bonds. The van der Waals surface area contributed by atoms with Crippen molar-refractivity contribution in [1.82, 2.24) is 0 Å². The van der Waals surface area contributed by atoms with E-state index in [1.54, 1.807) is 20.2 Å².